The number of hydrogen-bond donors (Lipinski definition) is 2. The first-order valence-corrected chi connectivity index (χ1v) is 17.1. The van der Waals surface area contributed by atoms with E-state index in [9.17, 15) is 19.2 Å². The van der Waals surface area contributed by atoms with Crippen molar-refractivity contribution in [1.29, 1.82) is 0 Å². The molecule has 10 heteroatoms. The fourth-order valence-electron chi connectivity index (χ4n) is 7.76. The van der Waals surface area contributed by atoms with Crippen LogP contribution < -0.4 is 10.6 Å². The van der Waals surface area contributed by atoms with E-state index in [2.05, 4.69) is 28.2 Å². The molecule has 4 aliphatic rings. The Hall–Kier alpha value is -3.53. The highest BCUT2D eigenvalue weighted by atomic mass is 35.5. The summed E-state index contributed by atoms with van der Waals surface area (Å²) in [5.41, 5.74) is 3.83. The normalized spacial score (nSPS) is 22.1. The first-order valence-electron chi connectivity index (χ1n) is 16.7. The number of rotatable bonds is 10. The summed E-state index contributed by atoms with van der Waals surface area (Å²) < 4.78 is 0. The van der Waals surface area contributed by atoms with Gasteiger partial charge in [-0.1, -0.05) is 73.8 Å². The Kier molecular flexibility index (Phi) is 10.2. The van der Waals surface area contributed by atoms with Crippen molar-refractivity contribution in [2.75, 3.05) is 26.2 Å². The SMILES string of the molecule is C=C(C(C1CCCCC1)N1CCN(C(=O)[C@@H](Cc2ccc(Cl)cc2)NC(=O)CC2NCc3ccccc32)CC1)N1C(=O)CCC1=O. The van der Waals surface area contributed by atoms with Crippen molar-refractivity contribution in [2.24, 2.45) is 5.92 Å². The summed E-state index contributed by atoms with van der Waals surface area (Å²) >= 11 is 6.13. The molecule has 3 atom stereocenters. The molecule has 6 rings (SSSR count). The second-order valence-electron chi connectivity index (χ2n) is 13.1. The van der Waals surface area contributed by atoms with Crippen LogP contribution in [0.3, 0.4) is 0 Å². The van der Waals surface area contributed by atoms with Gasteiger partial charge >= 0.3 is 0 Å². The zero-order valence-corrected chi connectivity index (χ0v) is 27.1. The van der Waals surface area contributed by atoms with Gasteiger partial charge in [-0.05, 0) is 47.6 Å². The molecule has 2 saturated heterocycles. The lowest BCUT2D eigenvalue weighted by Gasteiger charge is -2.45. The summed E-state index contributed by atoms with van der Waals surface area (Å²) in [4.78, 5) is 58.3. The average molecular weight is 646 g/mol. The molecule has 2 unspecified atom stereocenters. The lowest BCUT2D eigenvalue weighted by atomic mass is 9.81. The van der Waals surface area contributed by atoms with E-state index in [-0.39, 0.29) is 55.0 Å². The minimum atomic E-state index is -0.721. The molecule has 244 valence electrons. The number of hydrogen-bond acceptors (Lipinski definition) is 6. The fraction of sp³-hybridized carbons (Fsp3) is 0.500. The zero-order chi connectivity index (χ0) is 32.2. The second kappa shape index (κ2) is 14.5. The molecule has 1 saturated carbocycles. The summed E-state index contributed by atoms with van der Waals surface area (Å²) in [6, 6.07) is 14.6. The van der Waals surface area contributed by atoms with Crippen molar-refractivity contribution in [3.05, 3.63) is 82.5 Å². The highest BCUT2D eigenvalue weighted by Gasteiger charge is 2.41. The Morgan fingerprint density at radius 3 is 2.30 bits per heavy atom. The van der Waals surface area contributed by atoms with Gasteiger partial charge in [-0.3, -0.25) is 29.0 Å². The zero-order valence-electron chi connectivity index (χ0n) is 26.4. The molecule has 0 bridgehead atoms. The average Bonchev–Trinajstić information content (AvgIpc) is 3.63. The molecule has 3 aliphatic heterocycles. The van der Waals surface area contributed by atoms with Crippen molar-refractivity contribution >= 4 is 35.2 Å². The van der Waals surface area contributed by atoms with Crippen LogP contribution in [-0.4, -0.2) is 76.6 Å². The quantitative estimate of drug-likeness (QED) is 0.373. The number of amides is 4. The van der Waals surface area contributed by atoms with Crippen molar-refractivity contribution < 1.29 is 19.2 Å². The molecule has 0 aromatic heterocycles. The summed E-state index contributed by atoms with van der Waals surface area (Å²) in [6.07, 6.45) is 6.60. The van der Waals surface area contributed by atoms with Crippen LogP contribution in [0.2, 0.25) is 5.02 Å². The Morgan fingerprint density at radius 1 is 0.935 bits per heavy atom. The molecule has 1 aliphatic carbocycles. The van der Waals surface area contributed by atoms with E-state index in [4.69, 9.17) is 11.6 Å². The standard InChI is InChI=1S/C36H44ClN5O4/c1-24(42-33(44)15-16-34(42)45)35(26-7-3-2-4-8-26)40-17-19-41(20-18-40)36(46)31(21-25-11-13-28(37)14-12-25)39-32(43)22-30-29-10-6-5-9-27(29)23-38-30/h5-6,9-14,26,30-31,35,38H,1-4,7-8,15-23H2,(H,39,43)/t30?,31-,35?/m1/s1. The van der Waals surface area contributed by atoms with Crippen molar-refractivity contribution in [1.82, 2.24) is 25.3 Å². The Morgan fingerprint density at radius 2 is 1.61 bits per heavy atom. The highest BCUT2D eigenvalue weighted by molar-refractivity contribution is 6.30. The van der Waals surface area contributed by atoms with E-state index in [1.54, 1.807) is 12.1 Å². The number of carbonyl (C=O) groups is 4. The lowest BCUT2D eigenvalue weighted by molar-refractivity contribution is -0.138. The van der Waals surface area contributed by atoms with Crippen LogP contribution in [0.5, 0.6) is 0 Å². The van der Waals surface area contributed by atoms with Crippen LogP contribution in [0.25, 0.3) is 0 Å². The Balaban J connectivity index is 1.14. The molecular weight excluding hydrogens is 602 g/mol. The van der Waals surface area contributed by atoms with Crippen LogP contribution in [-0.2, 0) is 32.1 Å². The molecule has 3 heterocycles. The smallest absolute Gasteiger partial charge is 0.245 e. The van der Waals surface area contributed by atoms with Gasteiger partial charge in [0.2, 0.25) is 23.6 Å². The van der Waals surface area contributed by atoms with Crippen molar-refractivity contribution in [2.45, 2.75) is 82.5 Å². The van der Waals surface area contributed by atoms with Crippen molar-refractivity contribution in [3.8, 4) is 0 Å². The Labute approximate surface area is 276 Å². The first kappa shape index (κ1) is 32.4. The molecule has 9 nitrogen and oxygen atoms in total. The maximum Gasteiger partial charge on any atom is 0.245 e. The number of carbonyl (C=O) groups excluding carboxylic acids is 4. The van der Waals surface area contributed by atoms with Gasteiger partial charge in [-0.15, -0.1) is 0 Å². The van der Waals surface area contributed by atoms with Gasteiger partial charge in [0, 0.05) is 75.2 Å². The molecule has 4 amide bonds. The van der Waals surface area contributed by atoms with E-state index >= 15 is 0 Å². The summed E-state index contributed by atoms with van der Waals surface area (Å²) in [6.45, 7) is 7.22. The topological polar surface area (TPSA) is 102 Å². The van der Waals surface area contributed by atoms with Gasteiger partial charge in [0.1, 0.15) is 6.04 Å². The molecule has 2 aromatic rings. The summed E-state index contributed by atoms with van der Waals surface area (Å²) in [5.74, 6) is -0.297. The number of piperazine rings is 1. The van der Waals surface area contributed by atoms with Gasteiger partial charge in [0.25, 0.3) is 0 Å². The summed E-state index contributed by atoms with van der Waals surface area (Å²) in [5, 5.41) is 7.11. The molecule has 2 aromatic carbocycles. The van der Waals surface area contributed by atoms with E-state index in [1.165, 1.54) is 16.9 Å². The maximum absolute atomic E-state index is 14.1. The van der Waals surface area contributed by atoms with Crippen LogP contribution in [0.15, 0.2) is 60.8 Å². The van der Waals surface area contributed by atoms with E-state index < -0.39 is 6.04 Å². The third-order valence-electron chi connectivity index (χ3n) is 10.1. The van der Waals surface area contributed by atoms with E-state index in [0.717, 1.165) is 43.4 Å². The largest absolute Gasteiger partial charge is 0.344 e. The molecule has 0 radical (unpaired) electrons. The van der Waals surface area contributed by atoms with Crippen LogP contribution in [0.1, 0.15) is 74.1 Å². The third-order valence-corrected chi connectivity index (χ3v) is 10.4. The molecule has 2 N–H and O–H groups in total. The third kappa shape index (κ3) is 7.22. The molecule has 46 heavy (non-hydrogen) atoms. The summed E-state index contributed by atoms with van der Waals surface area (Å²) in [7, 11) is 0. The monoisotopic (exact) mass is 645 g/mol. The molecule has 3 fully saturated rings. The number of fused-ring (bicyclic) bond motifs is 1. The predicted octanol–water partition coefficient (Wildman–Crippen LogP) is 4.36. The Bertz CT molecular complexity index is 1450. The van der Waals surface area contributed by atoms with E-state index in [0.29, 0.717) is 49.2 Å². The number of likely N-dealkylation sites (tertiary alicyclic amines) is 1. The minimum absolute atomic E-state index is 0.0924. The highest BCUT2D eigenvalue weighted by Crippen LogP contribution is 2.35. The number of nitrogens with zero attached hydrogens (tertiary/aromatic N) is 3. The second-order valence-corrected chi connectivity index (χ2v) is 13.5. The predicted molar refractivity (Wildman–Crippen MR) is 176 cm³/mol. The molecular formula is C36H44ClN5O4. The maximum atomic E-state index is 14.1. The van der Waals surface area contributed by atoms with Crippen LogP contribution in [0.4, 0.5) is 0 Å². The van der Waals surface area contributed by atoms with Gasteiger partial charge in [0.05, 0.1) is 6.04 Å². The number of benzene rings is 2. The van der Waals surface area contributed by atoms with E-state index in [1.807, 2.05) is 35.2 Å². The molecule has 0 spiro atoms. The van der Waals surface area contributed by atoms with Gasteiger partial charge in [0.15, 0.2) is 0 Å². The van der Waals surface area contributed by atoms with Crippen LogP contribution in [0, 0.1) is 5.92 Å². The fourth-order valence-corrected chi connectivity index (χ4v) is 7.88. The minimum Gasteiger partial charge on any atom is -0.344 e. The number of imide groups is 1. The van der Waals surface area contributed by atoms with Crippen molar-refractivity contribution in [3.63, 3.8) is 0 Å². The number of nitrogens with one attached hydrogen (secondary N) is 2. The lowest BCUT2D eigenvalue weighted by Crippen LogP contribution is -2.59. The van der Waals surface area contributed by atoms with Gasteiger partial charge in [-0.25, -0.2) is 0 Å². The van der Waals surface area contributed by atoms with Gasteiger partial charge in [-0.2, -0.15) is 0 Å². The van der Waals surface area contributed by atoms with Crippen LogP contribution >= 0.6 is 11.6 Å². The van der Waals surface area contributed by atoms with Gasteiger partial charge < -0.3 is 15.5 Å². The first-order chi connectivity index (χ1) is 22.3. The number of halogens is 1.